The van der Waals surface area contributed by atoms with Crippen LogP contribution in [-0.4, -0.2) is 40.1 Å². The van der Waals surface area contributed by atoms with Crippen LogP contribution < -0.4 is 4.74 Å². The molecule has 1 saturated heterocycles. The maximum Gasteiger partial charge on any atom is 0.260 e. The van der Waals surface area contributed by atoms with Gasteiger partial charge in [0.15, 0.2) is 6.61 Å². The zero-order valence-electron chi connectivity index (χ0n) is 16.2. The molecular formula is C22H24ClN3O2. The lowest BCUT2D eigenvalue weighted by molar-refractivity contribution is -0.134. The number of hydrogen-bond acceptors (Lipinski definition) is 3. The van der Waals surface area contributed by atoms with E-state index in [9.17, 15) is 4.79 Å². The second kappa shape index (κ2) is 7.84. The SMILES string of the molecule is Cc1cc(OCC(=O)N2CCCC(c3nc4ccccc4n3C)C2)ccc1Cl. The zero-order chi connectivity index (χ0) is 19.7. The Balaban J connectivity index is 1.43. The molecule has 1 amide bonds. The first-order valence-electron chi connectivity index (χ1n) is 9.61. The number of carbonyl (C=O) groups excluding carboxylic acids is 1. The first-order valence-corrected chi connectivity index (χ1v) is 9.99. The monoisotopic (exact) mass is 397 g/mol. The Bertz CT molecular complexity index is 1010. The molecule has 0 spiro atoms. The third-order valence-electron chi connectivity index (χ3n) is 5.45. The van der Waals surface area contributed by atoms with Gasteiger partial charge >= 0.3 is 0 Å². The predicted molar refractivity (Wildman–Crippen MR) is 111 cm³/mol. The molecular weight excluding hydrogens is 374 g/mol. The smallest absolute Gasteiger partial charge is 0.260 e. The molecule has 1 fully saturated rings. The molecule has 1 aliphatic heterocycles. The summed E-state index contributed by atoms with van der Waals surface area (Å²) < 4.78 is 7.85. The van der Waals surface area contributed by atoms with Crippen LogP contribution in [0.1, 0.15) is 30.1 Å². The van der Waals surface area contributed by atoms with Crippen molar-refractivity contribution in [3.63, 3.8) is 0 Å². The highest BCUT2D eigenvalue weighted by atomic mass is 35.5. The van der Waals surface area contributed by atoms with E-state index in [4.69, 9.17) is 21.3 Å². The van der Waals surface area contributed by atoms with E-state index in [0.29, 0.717) is 17.3 Å². The maximum atomic E-state index is 12.7. The number of aromatic nitrogens is 2. The highest BCUT2D eigenvalue weighted by Crippen LogP contribution is 2.29. The van der Waals surface area contributed by atoms with Crippen molar-refractivity contribution in [2.45, 2.75) is 25.7 Å². The molecule has 3 aromatic rings. The minimum atomic E-state index is 0.0102. The van der Waals surface area contributed by atoms with Gasteiger partial charge in [-0.15, -0.1) is 0 Å². The summed E-state index contributed by atoms with van der Waals surface area (Å²) in [6, 6.07) is 13.6. The lowest BCUT2D eigenvalue weighted by Gasteiger charge is -2.32. The van der Waals surface area contributed by atoms with E-state index in [0.717, 1.165) is 41.8 Å². The fourth-order valence-electron chi connectivity index (χ4n) is 3.89. The van der Waals surface area contributed by atoms with E-state index in [1.807, 2.05) is 36.1 Å². The standard InChI is InChI=1S/C22H24ClN3O2/c1-15-12-17(9-10-18(15)23)28-14-21(27)26-11-5-6-16(13-26)22-24-19-7-3-4-8-20(19)25(22)2/h3-4,7-10,12,16H,5-6,11,13-14H2,1-2H3. The van der Waals surface area contributed by atoms with Crippen molar-refractivity contribution >= 4 is 28.5 Å². The van der Waals surface area contributed by atoms with E-state index in [1.54, 1.807) is 12.1 Å². The minimum Gasteiger partial charge on any atom is -0.484 e. The third-order valence-corrected chi connectivity index (χ3v) is 5.88. The number of aryl methyl sites for hydroxylation is 2. The van der Waals surface area contributed by atoms with Crippen LogP contribution in [0.15, 0.2) is 42.5 Å². The zero-order valence-corrected chi connectivity index (χ0v) is 16.9. The number of carbonyl (C=O) groups is 1. The van der Waals surface area contributed by atoms with Crippen LogP contribution in [0.5, 0.6) is 5.75 Å². The number of benzene rings is 2. The van der Waals surface area contributed by atoms with Crippen molar-refractivity contribution in [2.24, 2.45) is 7.05 Å². The molecule has 0 N–H and O–H groups in total. The summed E-state index contributed by atoms with van der Waals surface area (Å²) in [5, 5.41) is 0.694. The maximum absolute atomic E-state index is 12.7. The number of hydrogen-bond donors (Lipinski definition) is 0. The normalized spacial score (nSPS) is 17.1. The third kappa shape index (κ3) is 3.72. The molecule has 1 atom stereocenters. The average molecular weight is 398 g/mol. The molecule has 0 bridgehead atoms. The van der Waals surface area contributed by atoms with Crippen LogP contribution in [0, 0.1) is 6.92 Å². The Morgan fingerprint density at radius 1 is 1.29 bits per heavy atom. The number of halogens is 1. The van der Waals surface area contributed by atoms with E-state index in [1.165, 1.54) is 0 Å². The number of piperidine rings is 1. The van der Waals surface area contributed by atoms with Gasteiger partial charge in [0.2, 0.25) is 0 Å². The van der Waals surface area contributed by atoms with Gasteiger partial charge in [-0.25, -0.2) is 4.98 Å². The summed E-state index contributed by atoms with van der Waals surface area (Å²) in [5.74, 6) is 1.97. The van der Waals surface area contributed by atoms with Crippen LogP contribution in [0.4, 0.5) is 0 Å². The van der Waals surface area contributed by atoms with Crippen LogP contribution in [0.2, 0.25) is 5.02 Å². The van der Waals surface area contributed by atoms with Crippen molar-refractivity contribution in [3.8, 4) is 5.75 Å². The van der Waals surface area contributed by atoms with Crippen molar-refractivity contribution in [3.05, 3.63) is 58.9 Å². The molecule has 6 heteroatoms. The second-order valence-electron chi connectivity index (χ2n) is 7.40. The molecule has 1 aromatic heterocycles. The molecule has 2 aromatic carbocycles. The number of nitrogens with zero attached hydrogens (tertiary/aromatic N) is 3. The summed E-state index contributed by atoms with van der Waals surface area (Å²) in [5.41, 5.74) is 3.07. The Kier molecular flexibility index (Phi) is 5.27. The van der Waals surface area contributed by atoms with Crippen LogP contribution in [0.3, 0.4) is 0 Å². The lowest BCUT2D eigenvalue weighted by Crippen LogP contribution is -2.42. The molecule has 0 saturated carbocycles. The van der Waals surface area contributed by atoms with Crippen LogP contribution in [-0.2, 0) is 11.8 Å². The topological polar surface area (TPSA) is 47.4 Å². The molecule has 28 heavy (non-hydrogen) atoms. The van der Waals surface area contributed by atoms with Gasteiger partial charge in [-0.05, 0) is 55.7 Å². The highest BCUT2D eigenvalue weighted by Gasteiger charge is 2.28. The van der Waals surface area contributed by atoms with Crippen molar-refractivity contribution < 1.29 is 9.53 Å². The Labute approximate surface area is 169 Å². The Morgan fingerprint density at radius 2 is 2.11 bits per heavy atom. The van der Waals surface area contributed by atoms with Crippen molar-refractivity contribution in [2.75, 3.05) is 19.7 Å². The van der Waals surface area contributed by atoms with Crippen molar-refractivity contribution in [1.29, 1.82) is 0 Å². The molecule has 1 aliphatic rings. The number of fused-ring (bicyclic) bond motifs is 1. The summed E-state index contributed by atoms with van der Waals surface area (Å²) in [6.45, 7) is 3.40. The Morgan fingerprint density at radius 3 is 2.89 bits per heavy atom. The molecule has 0 aliphatic carbocycles. The van der Waals surface area contributed by atoms with E-state index < -0.39 is 0 Å². The fourth-order valence-corrected chi connectivity index (χ4v) is 4.00. The molecule has 2 heterocycles. The average Bonchev–Trinajstić information content (AvgIpc) is 3.06. The van der Waals surface area contributed by atoms with E-state index >= 15 is 0 Å². The fraction of sp³-hybridized carbons (Fsp3) is 0.364. The molecule has 1 unspecified atom stereocenters. The summed E-state index contributed by atoms with van der Waals surface area (Å²) >= 11 is 6.04. The number of likely N-dealkylation sites (tertiary alicyclic amines) is 1. The quantitative estimate of drug-likeness (QED) is 0.658. The van der Waals surface area contributed by atoms with Gasteiger partial charge in [0, 0.05) is 31.1 Å². The van der Waals surface area contributed by atoms with Gasteiger partial charge in [-0.3, -0.25) is 4.79 Å². The summed E-state index contributed by atoms with van der Waals surface area (Å²) in [4.78, 5) is 19.4. The van der Waals surface area contributed by atoms with Crippen molar-refractivity contribution in [1.82, 2.24) is 14.5 Å². The van der Waals surface area contributed by atoms with Gasteiger partial charge in [-0.2, -0.15) is 0 Å². The number of para-hydroxylation sites is 2. The molecule has 0 radical (unpaired) electrons. The number of amides is 1. The largest absolute Gasteiger partial charge is 0.484 e. The van der Waals surface area contributed by atoms with Gasteiger partial charge in [-0.1, -0.05) is 23.7 Å². The number of rotatable bonds is 4. The molecule has 5 nitrogen and oxygen atoms in total. The minimum absolute atomic E-state index is 0.0102. The van der Waals surface area contributed by atoms with Gasteiger partial charge in [0.1, 0.15) is 11.6 Å². The Hall–Kier alpha value is -2.53. The van der Waals surface area contributed by atoms with Gasteiger partial charge in [0.25, 0.3) is 5.91 Å². The number of imidazole rings is 1. The predicted octanol–water partition coefficient (Wildman–Crippen LogP) is 4.32. The second-order valence-corrected chi connectivity index (χ2v) is 7.80. The summed E-state index contributed by atoms with van der Waals surface area (Å²) in [6.07, 6.45) is 2.01. The van der Waals surface area contributed by atoms with Gasteiger partial charge in [0.05, 0.1) is 11.0 Å². The number of ether oxygens (including phenoxy) is 1. The molecule has 146 valence electrons. The lowest BCUT2D eigenvalue weighted by atomic mass is 9.97. The first kappa shape index (κ1) is 18.8. The van der Waals surface area contributed by atoms with Gasteiger partial charge < -0.3 is 14.2 Å². The van der Waals surface area contributed by atoms with E-state index in [-0.39, 0.29) is 18.4 Å². The first-order chi connectivity index (χ1) is 13.5. The molecule has 4 rings (SSSR count). The van der Waals surface area contributed by atoms with Crippen LogP contribution >= 0.6 is 11.6 Å². The van der Waals surface area contributed by atoms with E-state index in [2.05, 4.69) is 17.7 Å². The highest BCUT2D eigenvalue weighted by molar-refractivity contribution is 6.31. The van der Waals surface area contributed by atoms with Crippen LogP contribution in [0.25, 0.3) is 11.0 Å². The summed E-state index contributed by atoms with van der Waals surface area (Å²) in [7, 11) is 2.05.